The molecule has 0 spiro atoms. The summed E-state index contributed by atoms with van der Waals surface area (Å²) in [6, 6.07) is 15.7. The van der Waals surface area contributed by atoms with E-state index in [9.17, 15) is 0 Å². The Balaban J connectivity index is 1.90. The molecule has 1 aliphatic rings. The molecule has 0 unspecified atom stereocenters. The maximum absolute atomic E-state index is 4.59. The Morgan fingerprint density at radius 1 is 1.09 bits per heavy atom. The van der Waals surface area contributed by atoms with Crippen molar-refractivity contribution in [1.29, 1.82) is 0 Å². The number of thiol groups is 1. The molecule has 2 nitrogen and oxygen atoms in total. The summed E-state index contributed by atoms with van der Waals surface area (Å²) in [6.45, 7) is 5.32. The molecular formula is C19H24N2S. The van der Waals surface area contributed by atoms with Crippen molar-refractivity contribution in [3.63, 3.8) is 0 Å². The zero-order valence-electron chi connectivity index (χ0n) is 13.1. The summed E-state index contributed by atoms with van der Waals surface area (Å²) in [5.41, 5.74) is 6.95. The molecule has 0 amide bonds. The largest absolute Gasteiger partial charge is 0.314 e. The third-order valence-corrected chi connectivity index (χ3v) is 4.88. The number of nitrogens with one attached hydrogen (secondary N) is 2. The molecule has 2 aromatic carbocycles. The SMILES string of the molecule is Cc1c(Cc2ccccc2)ccc([C@@H]2CNCCN2)c1CS. The Morgan fingerprint density at radius 2 is 1.91 bits per heavy atom. The van der Waals surface area contributed by atoms with E-state index >= 15 is 0 Å². The van der Waals surface area contributed by atoms with Gasteiger partial charge in [-0.2, -0.15) is 12.6 Å². The maximum atomic E-state index is 4.59. The lowest BCUT2D eigenvalue weighted by molar-refractivity contribution is 0.428. The summed E-state index contributed by atoms with van der Waals surface area (Å²) in [5.74, 6) is 0.794. The van der Waals surface area contributed by atoms with Crippen LogP contribution in [0.3, 0.4) is 0 Å². The van der Waals surface area contributed by atoms with E-state index in [4.69, 9.17) is 0 Å². The smallest absolute Gasteiger partial charge is 0.0450 e. The van der Waals surface area contributed by atoms with Crippen LogP contribution in [0.25, 0.3) is 0 Å². The summed E-state index contributed by atoms with van der Waals surface area (Å²) in [6.07, 6.45) is 0.990. The fraction of sp³-hybridized carbons (Fsp3) is 0.368. The molecule has 22 heavy (non-hydrogen) atoms. The fourth-order valence-corrected chi connectivity index (χ4v) is 3.66. The third-order valence-electron chi connectivity index (χ3n) is 4.56. The Labute approximate surface area is 138 Å². The summed E-state index contributed by atoms with van der Waals surface area (Å²) in [5, 5.41) is 7.08. The van der Waals surface area contributed by atoms with Crippen LogP contribution in [0.4, 0.5) is 0 Å². The molecule has 3 rings (SSSR count). The van der Waals surface area contributed by atoms with Crippen LogP contribution in [0.5, 0.6) is 0 Å². The first-order valence-corrected chi connectivity index (χ1v) is 8.63. The average Bonchev–Trinajstić information content (AvgIpc) is 2.58. The molecule has 1 atom stereocenters. The predicted molar refractivity (Wildman–Crippen MR) is 96.7 cm³/mol. The second-order valence-electron chi connectivity index (χ2n) is 5.95. The minimum atomic E-state index is 0.403. The van der Waals surface area contributed by atoms with E-state index in [1.807, 2.05) is 0 Å². The van der Waals surface area contributed by atoms with Crippen LogP contribution in [0.15, 0.2) is 42.5 Å². The Morgan fingerprint density at radius 3 is 2.59 bits per heavy atom. The molecule has 1 saturated heterocycles. The molecule has 0 bridgehead atoms. The quantitative estimate of drug-likeness (QED) is 0.755. The number of rotatable bonds is 4. The molecule has 0 aliphatic carbocycles. The molecule has 1 heterocycles. The van der Waals surface area contributed by atoms with Crippen LogP contribution < -0.4 is 10.6 Å². The molecule has 2 aromatic rings. The standard InChI is InChI=1S/C19H24N2S/c1-14-16(11-15-5-3-2-4-6-15)7-8-17(18(14)13-22)19-12-20-9-10-21-19/h2-8,19-22H,9-13H2,1H3/t19-/m0/s1. The van der Waals surface area contributed by atoms with E-state index in [-0.39, 0.29) is 0 Å². The molecule has 116 valence electrons. The molecule has 3 heteroatoms. The van der Waals surface area contributed by atoms with Crippen molar-refractivity contribution in [3.8, 4) is 0 Å². The van der Waals surface area contributed by atoms with Gasteiger partial charge in [0, 0.05) is 31.4 Å². The first kappa shape index (κ1) is 15.6. The van der Waals surface area contributed by atoms with Crippen molar-refractivity contribution in [3.05, 3.63) is 70.3 Å². The molecule has 0 radical (unpaired) electrons. The minimum Gasteiger partial charge on any atom is -0.314 e. The number of piperazine rings is 1. The van der Waals surface area contributed by atoms with E-state index in [1.54, 1.807) is 0 Å². The summed E-state index contributed by atoms with van der Waals surface area (Å²) in [7, 11) is 0. The lowest BCUT2D eigenvalue weighted by Gasteiger charge is -2.28. The molecule has 0 aromatic heterocycles. The minimum absolute atomic E-state index is 0.403. The van der Waals surface area contributed by atoms with Gasteiger partial charge in [0.15, 0.2) is 0 Å². The normalized spacial score (nSPS) is 18.4. The second kappa shape index (κ2) is 7.32. The Bertz CT molecular complexity index is 619. The molecule has 0 saturated carbocycles. The summed E-state index contributed by atoms with van der Waals surface area (Å²) < 4.78 is 0. The van der Waals surface area contributed by atoms with Gasteiger partial charge in [0.05, 0.1) is 0 Å². The van der Waals surface area contributed by atoms with Crippen molar-refractivity contribution >= 4 is 12.6 Å². The van der Waals surface area contributed by atoms with E-state index in [0.717, 1.165) is 31.8 Å². The molecule has 2 N–H and O–H groups in total. The number of hydrogen-bond donors (Lipinski definition) is 3. The fourth-order valence-electron chi connectivity index (χ4n) is 3.24. The highest BCUT2D eigenvalue weighted by molar-refractivity contribution is 7.79. The molecule has 1 fully saturated rings. The van der Waals surface area contributed by atoms with Gasteiger partial charge in [-0.1, -0.05) is 42.5 Å². The first-order valence-electron chi connectivity index (χ1n) is 7.99. The van der Waals surface area contributed by atoms with Gasteiger partial charge in [-0.15, -0.1) is 0 Å². The Hall–Kier alpha value is -1.29. The highest BCUT2D eigenvalue weighted by Gasteiger charge is 2.19. The van der Waals surface area contributed by atoms with Gasteiger partial charge >= 0.3 is 0 Å². The second-order valence-corrected chi connectivity index (χ2v) is 6.27. The van der Waals surface area contributed by atoms with Gasteiger partial charge in [-0.3, -0.25) is 0 Å². The number of hydrogen-bond acceptors (Lipinski definition) is 3. The van der Waals surface area contributed by atoms with Crippen LogP contribution in [-0.4, -0.2) is 19.6 Å². The highest BCUT2D eigenvalue weighted by Crippen LogP contribution is 2.27. The maximum Gasteiger partial charge on any atom is 0.0450 e. The lowest BCUT2D eigenvalue weighted by atomic mass is 9.90. The van der Waals surface area contributed by atoms with Crippen molar-refractivity contribution in [1.82, 2.24) is 10.6 Å². The van der Waals surface area contributed by atoms with Crippen molar-refractivity contribution in [2.75, 3.05) is 19.6 Å². The van der Waals surface area contributed by atoms with Crippen LogP contribution in [-0.2, 0) is 12.2 Å². The highest BCUT2D eigenvalue weighted by atomic mass is 32.1. The zero-order valence-corrected chi connectivity index (χ0v) is 14.0. The van der Waals surface area contributed by atoms with Crippen molar-refractivity contribution in [2.24, 2.45) is 0 Å². The predicted octanol–water partition coefficient (Wildman–Crippen LogP) is 3.25. The van der Waals surface area contributed by atoms with E-state index in [1.165, 1.54) is 27.8 Å². The van der Waals surface area contributed by atoms with Crippen LogP contribution in [0.2, 0.25) is 0 Å². The lowest BCUT2D eigenvalue weighted by Crippen LogP contribution is -2.43. The summed E-state index contributed by atoms with van der Waals surface area (Å²) in [4.78, 5) is 0. The first-order chi connectivity index (χ1) is 10.8. The zero-order chi connectivity index (χ0) is 15.4. The third kappa shape index (κ3) is 3.37. The molecule has 1 aliphatic heterocycles. The van der Waals surface area contributed by atoms with Gasteiger partial charge < -0.3 is 10.6 Å². The Kier molecular flexibility index (Phi) is 5.19. The van der Waals surface area contributed by atoms with Crippen LogP contribution >= 0.6 is 12.6 Å². The van der Waals surface area contributed by atoms with Gasteiger partial charge in [0.25, 0.3) is 0 Å². The monoisotopic (exact) mass is 312 g/mol. The topological polar surface area (TPSA) is 24.1 Å². The van der Waals surface area contributed by atoms with E-state index < -0.39 is 0 Å². The van der Waals surface area contributed by atoms with Gasteiger partial charge in [0.2, 0.25) is 0 Å². The van der Waals surface area contributed by atoms with E-state index in [2.05, 4.69) is 72.7 Å². The average molecular weight is 312 g/mol. The van der Waals surface area contributed by atoms with E-state index in [0.29, 0.717) is 6.04 Å². The van der Waals surface area contributed by atoms with Crippen molar-refractivity contribution < 1.29 is 0 Å². The summed E-state index contributed by atoms with van der Waals surface area (Å²) >= 11 is 4.59. The van der Waals surface area contributed by atoms with Crippen molar-refractivity contribution in [2.45, 2.75) is 25.1 Å². The van der Waals surface area contributed by atoms with Crippen LogP contribution in [0, 0.1) is 6.92 Å². The van der Waals surface area contributed by atoms with Gasteiger partial charge in [0.1, 0.15) is 0 Å². The number of benzene rings is 2. The van der Waals surface area contributed by atoms with Gasteiger partial charge in [-0.05, 0) is 41.2 Å². The van der Waals surface area contributed by atoms with Crippen LogP contribution in [0.1, 0.15) is 33.9 Å². The molecular weight excluding hydrogens is 288 g/mol. The van der Waals surface area contributed by atoms with Gasteiger partial charge in [-0.25, -0.2) is 0 Å².